The molecule has 1 aliphatic carbocycles. The first-order valence-electron chi connectivity index (χ1n) is 12.2. The van der Waals surface area contributed by atoms with Crippen LogP contribution in [0.3, 0.4) is 0 Å². The van der Waals surface area contributed by atoms with Gasteiger partial charge >= 0.3 is 7.12 Å². The molecule has 0 aromatic heterocycles. The molecular formula is C26H34BNO5. The number of nitrogens with zero attached hydrogens (tertiary/aromatic N) is 1. The van der Waals surface area contributed by atoms with Crippen LogP contribution < -0.4 is 0 Å². The summed E-state index contributed by atoms with van der Waals surface area (Å²) >= 11 is 0. The molecule has 4 atom stereocenters. The lowest BCUT2D eigenvalue weighted by Gasteiger charge is -2.42. The molecule has 0 radical (unpaired) electrons. The molecule has 1 aromatic rings. The molecule has 33 heavy (non-hydrogen) atoms. The van der Waals surface area contributed by atoms with Crippen LogP contribution in [0.1, 0.15) is 58.4 Å². The maximum absolute atomic E-state index is 13.2. The van der Waals surface area contributed by atoms with Gasteiger partial charge in [-0.3, -0.25) is 14.5 Å². The van der Waals surface area contributed by atoms with E-state index in [-0.39, 0.29) is 41.4 Å². The number of rotatable bonds is 7. The molecule has 0 saturated carbocycles. The van der Waals surface area contributed by atoms with Gasteiger partial charge in [-0.15, -0.1) is 0 Å². The van der Waals surface area contributed by atoms with Crippen LogP contribution in [0.4, 0.5) is 0 Å². The van der Waals surface area contributed by atoms with Gasteiger partial charge in [0, 0.05) is 6.54 Å². The molecule has 2 fully saturated rings. The number of aromatic hydroxyl groups is 1. The SMILES string of the molecule is CCCN1C(=O)[C@@H]2[C@@H](CC(C)=C3[C@@H](CC/C(=C/c4ccc(O)cc4)CC)OB(O)C[C@@H]32)C1=O. The van der Waals surface area contributed by atoms with Crippen LogP contribution in [0.15, 0.2) is 41.0 Å². The Balaban J connectivity index is 1.55. The van der Waals surface area contributed by atoms with E-state index in [0.717, 1.165) is 42.4 Å². The number of imide groups is 1. The fraction of sp³-hybridized carbons (Fsp3) is 0.538. The zero-order chi connectivity index (χ0) is 23.7. The first kappa shape index (κ1) is 23.8. The van der Waals surface area contributed by atoms with Crippen molar-refractivity contribution in [3.63, 3.8) is 0 Å². The second-order valence-electron chi connectivity index (χ2n) is 9.61. The van der Waals surface area contributed by atoms with E-state index in [2.05, 4.69) is 19.9 Å². The number of hydrogen-bond donors (Lipinski definition) is 2. The van der Waals surface area contributed by atoms with Crippen molar-refractivity contribution in [3.05, 3.63) is 46.5 Å². The fourth-order valence-electron chi connectivity index (χ4n) is 5.90. The number of allylic oxidation sites excluding steroid dienone is 2. The van der Waals surface area contributed by atoms with Crippen molar-refractivity contribution in [2.75, 3.05) is 6.54 Å². The van der Waals surface area contributed by atoms with Crippen LogP contribution >= 0.6 is 0 Å². The predicted molar refractivity (Wildman–Crippen MR) is 128 cm³/mol. The number of carbonyl (C=O) groups excluding carboxylic acids is 2. The van der Waals surface area contributed by atoms with Gasteiger partial charge < -0.3 is 14.8 Å². The van der Waals surface area contributed by atoms with Gasteiger partial charge in [0.1, 0.15) is 5.75 Å². The van der Waals surface area contributed by atoms with Gasteiger partial charge in [0.25, 0.3) is 0 Å². The van der Waals surface area contributed by atoms with E-state index in [1.165, 1.54) is 10.5 Å². The maximum atomic E-state index is 13.2. The van der Waals surface area contributed by atoms with Crippen molar-refractivity contribution in [3.8, 4) is 5.75 Å². The molecule has 2 aliphatic heterocycles. The van der Waals surface area contributed by atoms with Crippen molar-refractivity contribution in [1.29, 1.82) is 0 Å². The number of likely N-dealkylation sites (tertiary alicyclic amines) is 1. The Labute approximate surface area is 196 Å². The standard InChI is InChI=1S/C26H34BNO5/c1-4-12-28-25(30)20-13-16(3)23-21(24(20)26(28)31)15-27(32)33-22(23)11-8-17(5-2)14-18-6-9-19(29)10-7-18/h6-7,9-10,14,20-22,24,29,32H,4-5,8,11-13,15H2,1-3H3/b17-14+/t20-,21+,22-,24-/m1/s1. The highest BCUT2D eigenvalue weighted by Crippen LogP contribution is 2.50. The van der Waals surface area contributed by atoms with E-state index in [1.54, 1.807) is 12.1 Å². The Morgan fingerprint density at radius 3 is 2.58 bits per heavy atom. The largest absolute Gasteiger partial charge is 0.508 e. The highest BCUT2D eigenvalue weighted by molar-refractivity contribution is 6.43. The van der Waals surface area contributed by atoms with Crippen LogP contribution in [-0.2, 0) is 14.2 Å². The third-order valence-electron chi connectivity index (χ3n) is 7.44. The third kappa shape index (κ3) is 4.66. The van der Waals surface area contributed by atoms with Crippen LogP contribution in [0, 0.1) is 17.8 Å². The lowest BCUT2D eigenvalue weighted by molar-refractivity contribution is -0.140. The van der Waals surface area contributed by atoms with E-state index in [9.17, 15) is 19.7 Å². The van der Waals surface area contributed by atoms with Crippen LogP contribution in [0.2, 0.25) is 6.32 Å². The first-order valence-corrected chi connectivity index (χ1v) is 12.2. The van der Waals surface area contributed by atoms with Gasteiger partial charge in [0.2, 0.25) is 11.8 Å². The summed E-state index contributed by atoms with van der Waals surface area (Å²) in [5.41, 5.74) is 4.56. The molecule has 6 nitrogen and oxygen atoms in total. The molecule has 7 heteroatoms. The van der Waals surface area contributed by atoms with Crippen LogP contribution in [-0.4, -0.2) is 46.6 Å². The molecule has 0 spiro atoms. The smallest absolute Gasteiger partial charge is 0.455 e. The van der Waals surface area contributed by atoms with Gasteiger partial charge in [0.15, 0.2) is 0 Å². The molecule has 2 amide bonds. The Kier molecular flexibility index (Phi) is 7.10. The molecule has 4 rings (SSSR count). The van der Waals surface area contributed by atoms with E-state index < -0.39 is 7.12 Å². The molecule has 2 heterocycles. The minimum Gasteiger partial charge on any atom is -0.508 e. The second-order valence-corrected chi connectivity index (χ2v) is 9.61. The Morgan fingerprint density at radius 2 is 1.91 bits per heavy atom. The summed E-state index contributed by atoms with van der Waals surface area (Å²) in [5.74, 6) is -0.686. The van der Waals surface area contributed by atoms with Gasteiger partial charge in [0.05, 0.1) is 17.9 Å². The Hall–Kier alpha value is -2.38. The highest BCUT2D eigenvalue weighted by Gasteiger charge is 2.56. The topological polar surface area (TPSA) is 87.1 Å². The van der Waals surface area contributed by atoms with Gasteiger partial charge in [-0.25, -0.2) is 0 Å². The summed E-state index contributed by atoms with van der Waals surface area (Å²) in [4.78, 5) is 27.6. The molecule has 0 unspecified atom stereocenters. The lowest BCUT2D eigenvalue weighted by Crippen LogP contribution is -2.46. The highest BCUT2D eigenvalue weighted by atomic mass is 16.5. The summed E-state index contributed by atoms with van der Waals surface area (Å²) in [5, 5.41) is 20.1. The minimum atomic E-state index is -0.926. The Morgan fingerprint density at radius 1 is 1.18 bits per heavy atom. The summed E-state index contributed by atoms with van der Waals surface area (Å²) < 4.78 is 6.00. The van der Waals surface area contributed by atoms with E-state index in [1.807, 2.05) is 19.1 Å². The lowest BCUT2D eigenvalue weighted by atomic mass is 9.59. The number of benzene rings is 1. The fourth-order valence-corrected chi connectivity index (χ4v) is 5.90. The summed E-state index contributed by atoms with van der Waals surface area (Å²) in [6.45, 7) is 6.62. The predicted octanol–water partition coefficient (Wildman–Crippen LogP) is 4.19. The normalized spacial score (nSPS) is 27.8. The average Bonchev–Trinajstić information content (AvgIpc) is 3.02. The van der Waals surface area contributed by atoms with Crippen molar-refractivity contribution in [1.82, 2.24) is 4.90 Å². The monoisotopic (exact) mass is 451 g/mol. The van der Waals surface area contributed by atoms with Crippen molar-refractivity contribution < 1.29 is 24.4 Å². The van der Waals surface area contributed by atoms with E-state index in [0.29, 0.717) is 19.3 Å². The van der Waals surface area contributed by atoms with Crippen LogP contribution in [0.25, 0.3) is 6.08 Å². The van der Waals surface area contributed by atoms with Gasteiger partial charge in [-0.2, -0.15) is 0 Å². The minimum absolute atomic E-state index is 0.0483. The molecule has 2 N–H and O–H groups in total. The molecule has 2 saturated heterocycles. The summed E-state index contributed by atoms with van der Waals surface area (Å²) in [7, 11) is -0.926. The summed E-state index contributed by atoms with van der Waals surface area (Å²) in [6.07, 6.45) is 6.02. The summed E-state index contributed by atoms with van der Waals surface area (Å²) in [6, 6.07) is 7.14. The molecular weight excluding hydrogens is 417 g/mol. The maximum Gasteiger partial charge on any atom is 0.455 e. The van der Waals surface area contributed by atoms with E-state index in [4.69, 9.17) is 4.65 Å². The zero-order valence-corrected chi connectivity index (χ0v) is 19.8. The molecule has 176 valence electrons. The second kappa shape index (κ2) is 9.86. The molecule has 3 aliphatic rings. The van der Waals surface area contributed by atoms with Crippen molar-refractivity contribution in [2.24, 2.45) is 17.8 Å². The zero-order valence-electron chi connectivity index (χ0n) is 19.8. The van der Waals surface area contributed by atoms with Gasteiger partial charge in [-0.1, -0.05) is 43.2 Å². The van der Waals surface area contributed by atoms with Crippen LogP contribution in [0.5, 0.6) is 5.75 Å². The third-order valence-corrected chi connectivity index (χ3v) is 7.44. The number of phenolic OH excluding ortho intramolecular Hbond substituents is 1. The van der Waals surface area contributed by atoms with Gasteiger partial charge in [-0.05, 0) is 74.5 Å². The average molecular weight is 451 g/mol. The van der Waals surface area contributed by atoms with Crippen molar-refractivity contribution in [2.45, 2.75) is 65.3 Å². The number of amides is 2. The quantitative estimate of drug-likeness (QED) is 0.369. The number of phenols is 1. The molecule has 0 bridgehead atoms. The Bertz CT molecular complexity index is 969. The number of carbonyl (C=O) groups is 2. The molecule has 1 aromatic carbocycles. The first-order chi connectivity index (χ1) is 15.8. The number of hydrogen-bond acceptors (Lipinski definition) is 5. The van der Waals surface area contributed by atoms with E-state index >= 15 is 0 Å². The number of fused-ring (bicyclic) bond motifs is 3. The van der Waals surface area contributed by atoms with Crippen molar-refractivity contribution >= 4 is 25.0 Å².